The summed E-state index contributed by atoms with van der Waals surface area (Å²) in [5, 5.41) is 1.76. The molecule has 1 atom stereocenters. The number of halogens is 3. The summed E-state index contributed by atoms with van der Waals surface area (Å²) in [6, 6.07) is 3.25. The molecule has 2 rings (SSSR count). The van der Waals surface area contributed by atoms with Gasteiger partial charge in [0.05, 0.1) is 16.8 Å². The van der Waals surface area contributed by atoms with Gasteiger partial charge in [-0.1, -0.05) is 0 Å². The normalized spacial score (nSPS) is 12.7. The van der Waals surface area contributed by atoms with E-state index in [1.807, 2.05) is 0 Å². The molecular formula is C12H7F3N3O3S-. The largest absolute Gasteiger partial charge is 0.767 e. The summed E-state index contributed by atoms with van der Waals surface area (Å²) in [5.74, 6) is -0.932. The highest BCUT2D eigenvalue weighted by Crippen LogP contribution is 2.29. The average Bonchev–Trinajstić information content (AvgIpc) is 2.47. The molecule has 0 saturated carbocycles. The van der Waals surface area contributed by atoms with E-state index >= 15 is 0 Å². The fraction of sp³-hybridized carbons (Fsp3) is 0.0833. The lowest BCUT2D eigenvalue weighted by atomic mass is 10.2. The van der Waals surface area contributed by atoms with E-state index in [1.165, 1.54) is 18.3 Å². The zero-order valence-electron chi connectivity index (χ0n) is 10.6. The second kappa shape index (κ2) is 6.20. The Labute approximate surface area is 124 Å². The topological polar surface area (TPSA) is 95.0 Å². The zero-order chi connectivity index (χ0) is 16.3. The van der Waals surface area contributed by atoms with Gasteiger partial charge in [0.15, 0.2) is 0 Å². The van der Waals surface area contributed by atoms with Crippen molar-refractivity contribution in [2.75, 3.05) is 5.32 Å². The van der Waals surface area contributed by atoms with Crippen molar-refractivity contribution in [3.63, 3.8) is 0 Å². The number of carbonyl (C=O) groups is 1. The van der Waals surface area contributed by atoms with Crippen molar-refractivity contribution < 1.29 is 26.7 Å². The van der Waals surface area contributed by atoms with Crippen LogP contribution in [-0.2, 0) is 17.3 Å². The lowest BCUT2D eigenvalue weighted by Crippen LogP contribution is -2.16. The Morgan fingerprint density at radius 3 is 2.68 bits per heavy atom. The number of nitrogens with one attached hydrogen (secondary N) is 1. The molecule has 0 saturated heterocycles. The van der Waals surface area contributed by atoms with E-state index in [0.717, 1.165) is 6.20 Å². The number of anilines is 1. The Hall–Kier alpha value is -2.33. The lowest BCUT2D eigenvalue weighted by Gasteiger charge is -2.12. The number of nitrogens with zero attached hydrogens (tertiary/aromatic N) is 2. The quantitative estimate of drug-likeness (QED) is 0.868. The summed E-state index contributed by atoms with van der Waals surface area (Å²) in [5.41, 5.74) is -1.58. The molecule has 0 fully saturated rings. The first kappa shape index (κ1) is 16.0. The predicted octanol–water partition coefficient (Wildman–Crippen LogP) is 1.99. The van der Waals surface area contributed by atoms with Gasteiger partial charge in [-0.25, -0.2) is 4.98 Å². The Morgan fingerprint density at radius 2 is 2.05 bits per heavy atom. The van der Waals surface area contributed by atoms with Gasteiger partial charge in [0.1, 0.15) is 5.03 Å². The third-order valence-corrected chi connectivity index (χ3v) is 3.15. The van der Waals surface area contributed by atoms with Crippen LogP contribution in [0.15, 0.2) is 41.8 Å². The van der Waals surface area contributed by atoms with E-state index in [4.69, 9.17) is 0 Å². The van der Waals surface area contributed by atoms with Crippen LogP contribution in [0.25, 0.3) is 0 Å². The second-order valence-electron chi connectivity index (χ2n) is 4.00. The molecule has 0 aliphatic rings. The molecule has 2 aromatic heterocycles. The molecule has 0 bridgehead atoms. The first-order valence-corrected chi connectivity index (χ1v) is 6.74. The van der Waals surface area contributed by atoms with E-state index in [-0.39, 0.29) is 11.3 Å². The molecule has 0 aliphatic heterocycles. The summed E-state index contributed by atoms with van der Waals surface area (Å²) in [6.45, 7) is 0. The van der Waals surface area contributed by atoms with E-state index in [9.17, 15) is 26.7 Å². The van der Waals surface area contributed by atoms with Crippen LogP contribution < -0.4 is 5.32 Å². The fourth-order valence-corrected chi connectivity index (χ4v) is 1.98. The van der Waals surface area contributed by atoms with Crippen molar-refractivity contribution in [1.82, 2.24) is 9.97 Å². The van der Waals surface area contributed by atoms with Crippen LogP contribution in [0.3, 0.4) is 0 Å². The maximum Gasteiger partial charge on any atom is 0.417 e. The molecule has 0 spiro atoms. The molecule has 10 heteroatoms. The van der Waals surface area contributed by atoms with Crippen LogP contribution in [0.5, 0.6) is 0 Å². The Bertz CT molecular complexity index is 737. The van der Waals surface area contributed by atoms with Gasteiger partial charge in [-0.15, -0.1) is 0 Å². The van der Waals surface area contributed by atoms with Gasteiger partial charge in [-0.05, 0) is 29.3 Å². The van der Waals surface area contributed by atoms with Gasteiger partial charge >= 0.3 is 6.18 Å². The summed E-state index contributed by atoms with van der Waals surface area (Å²) in [7, 11) is 0. The molecule has 0 aromatic carbocycles. The maximum atomic E-state index is 12.6. The minimum Gasteiger partial charge on any atom is -0.767 e. The van der Waals surface area contributed by atoms with Gasteiger partial charge in [-0.3, -0.25) is 14.0 Å². The molecule has 22 heavy (non-hydrogen) atoms. The number of carbonyl (C=O) groups excluding carboxylic acids is 1. The summed E-state index contributed by atoms with van der Waals surface area (Å²) in [4.78, 5) is 18.8. The summed E-state index contributed by atoms with van der Waals surface area (Å²) in [6.07, 6.45) is -1.92. The predicted molar refractivity (Wildman–Crippen MR) is 68.6 cm³/mol. The third-order valence-electron chi connectivity index (χ3n) is 2.50. The Balaban J connectivity index is 2.29. The standard InChI is InChI=1S/C12H8F3N3O3S/c13-12(14,15)8-4-7(5-16-6-8)10(19)18-9-2-1-3-17-11(9)22(20)21/h1-6H,(H,18,19)(H,20,21)/p-1. The van der Waals surface area contributed by atoms with Crippen LogP contribution >= 0.6 is 0 Å². The molecule has 2 heterocycles. The lowest BCUT2D eigenvalue weighted by molar-refractivity contribution is -0.137. The molecule has 116 valence electrons. The number of hydrogen-bond acceptors (Lipinski definition) is 5. The number of pyridine rings is 2. The minimum absolute atomic E-state index is 0.141. The van der Waals surface area contributed by atoms with E-state index < -0.39 is 33.8 Å². The van der Waals surface area contributed by atoms with E-state index in [2.05, 4.69) is 15.3 Å². The Kier molecular flexibility index (Phi) is 4.52. The molecular weight excluding hydrogens is 323 g/mol. The highest BCUT2D eigenvalue weighted by Gasteiger charge is 2.31. The first-order chi connectivity index (χ1) is 10.3. The number of amides is 1. The van der Waals surface area contributed by atoms with Gasteiger partial charge in [-0.2, -0.15) is 13.2 Å². The SMILES string of the molecule is O=C(Nc1cccnc1S(=O)[O-])c1cncc(C(F)(F)F)c1. The smallest absolute Gasteiger partial charge is 0.417 e. The molecule has 1 unspecified atom stereocenters. The van der Waals surface area contributed by atoms with Gasteiger partial charge in [0.2, 0.25) is 0 Å². The highest BCUT2D eigenvalue weighted by atomic mass is 32.2. The number of alkyl halides is 3. The first-order valence-electron chi connectivity index (χ1n) is 5.67. The number of hydrogen-bond donors (Lipinski definition) is 1. The Morgan fingerprint density at radius 1 is 1.32 bits per heavy atom. The van der Waals surface area contributed by atoms with Crippen molar-refractivity contribution >= 4 is 22.7 Å². The van der Waals surface area contributed by atoms with Crippen molar-refractivity contribution in [3.05, 3.63) is 47.9 Å². The average molecular weight is 330 g/mol. The van der Waals surface area contributed by atoms with Crippen LogP contribution in [0.2, 0.25) is 0 Å². The number of rotatable bonds is 3. The fourth-order valence-electron chi connectivity index (χ4n) is 1.53. The molecule has 2 aromatic rings. The third kappa shape index (κ3) is 3.65. The molecule has 0 aliphatic carbocycles. The summed E-state index contributed by atoms with van der Waals surface area (Å²) < 4.78 is 59.6. The molecule has 0 radical (unpaired) electrons. The van der Waals surface area contributed by atoms with Crippen LogP contribution in [0.4, 0.5) is 18.9 Å². The van der Waals surface area contributed by atoms with Crippen molar-refractivity contribution in [2.24, 2.45) is 0 Å². The van der Waals surface area contributed by atoms with Crippen molar-refractivity contribution in [1.29, 1.82) is 0 Å². The highest BCUT2D eigenvalue weighted by molar-refractivity contribution is 7.79. The second-order valence-corrected chi connectivity index (χ2v) is 4.86. The van der Waals surface area contributed by atoms with Crippen LogP contribution in [0.1, 0.15) is 15.9 Å². The number of aromatic nitrogens is 2. The van der Waals surface area contributed by atoms with Crippen LogP contribution in [0, 0.1) is 0 Å². The molecule has 6 nitrogen and oxygen atoms in total. The minimum atomic E-state index is -4.64. The van der Waals surface area contributed by atoms with E-state index in [1.54, 1.807) is 0 Å². The monoisotopic (exact) mass is 330 g/mol. The molecule has 1 N–H and O–H groups in total. The van der Waals surface area contributed by atoms with Gasteiger partial charge in [0, 0.05) is 18.6 Å². The van der Waals surface area contributed by atoms with Crippen molar-refractivity contribution in [2.45, 2.75) is 11.2 Å². The van der Waals surface area contributed by atoms with Crippen molar-refractivity contribution in [3.8, 4) is 0 Å². The summed E-state index contributed by atoms with van der Waals surface area (Å²) >= 11 is -2.70. The van der Waals surface area contributed by atoms with Gasteiger partial charge < -0.3 is 9.87 Å². The van der Waals surface area contributed by atoms with Crippen LogP contribution in [-0.4, -0.2) is 24.6 Å². The van der Waals surface area contributed by atoms with Gasteiger partial charge in [0.25, 0.3) is 5.91 Å². The zero-order valence-corrected chi connectivity index (χ0v) is 11.4. The maximum absolute atomic E-state index is 12.6. The van der Waals surface area contributed by atoms with E-state index in [0.29, 0.717) is 12.3 Å². The molecule has 1 amide bonds.